The van der Waals surface area contributed by atoms with Gasteiger partial charge in [0.15, 0.2) is 0 Å². The van der Waals surface area contributed by atoms with E-state index in [-0.39, 0.29) is 11.7 Å². The van der Waals surface area contributed by atoms with Crippen LogP contribution in [0.2, 0.25) is 0 Å². The molecule has 0 heterocycles. The molecule has 0 spiro atoms. The standard InChI is InChI=1S/C15H24O/c1-2-3-4-5-6-10-13-15(16)14-11-8-7-9-12-14/h14H,2-9,11-12H2,1H3. The minimum Gasteiger partial charge on any atom is -0.285 e. The molecule has 0 N–H and O–H groups in total. The van der Waals surface area contributed by atoms with Gasteiger partial charge in [-0.2, -0.15) is 0 Å². The van der Waals surface area contributed by atoms with Crippen LogP contribution in [0.3, 0.4) is 0 Å². The third kappa shape index (κ3) is 5.35. The van der Waals surface area contributed by atoms with Gasteiger partial charge in [-0.1, -0.05) is 51.4 Å². The van der Waals surface area contributed by atoms with Crippen LogP contribution in [0.15, 0.2) is 0 Å². The summed E-state index contributed by atoms with van der Waals surface area (Å²) in [7, 11) is 0. The molecule has 1 aliphatic carbocycles. The summed E-state index contributed by atoms with van der Waals surface area (Å²) in [5.74, 6) is 6.35. The molecule has 0 unspecified atom stereocenters. The molecule has 90 valence electrons. The van der Waals surface area contributed by atoms with Crippen LogP contribution in [0, 0.1) is 17.8 Å². The SMILES string of the molecule is CCCCCCC#CC(=O)C1CCCCC1. The van der Waals surface area contributed by atoms with Crippen molar-refractivity contribution in [2.45, 2.75) is 71.1 Å². The Morgan fingerprint density at radius 1 is 1.12 bits per heavy atom. The summed E-state index contributed by atoms with van der Waals surface area (Å²) in [5, 5.41) is 0. The number of Topliss-reactive ketones (excluding diaryl/α,β-unsaturated/α-hetero) is 1. The van der Waals surface area contributed by atoms with Gasteiger partial charge in [0, 0.05) is 12.3 Å². The summed E-state index contributed by atoms with van der Waals surface area (Å²) in [6.07, 6.45) is 11.7. The van der Waals surface area contributed by atoms with Crippen molar-refractivity contribution in [3.8, 4) is 11.8 Å². The average molecular weight is 220 g/mol. The maximum Gasteiger partial charge on any atom is 0.208 e. The van der Waals surface area contributed by atoms with Gasteiger partial charge in [-0.15, -0.1) is 0 Å². The lowest BCUT2D eigenvalue weighted by Gasteiger charge is -2.17. The minimum absolute atomic E-state index is 0.204. The van der Waals surface area contributed by atoms with Gasteiger partial charge in [0.05, 0.1) is 0 Å². The molecule has 1 fully saturated rings. The van der Waals surface area contributed by atoms with Crippen LogP contribution in [0.4, 0.5) is 0 Å². The Labute approximate surface area is 100 Å². The van der Waals surface area contributed by atoms with Crippen molar-refractivity contribution in [3.05, 3.63) is 0 Å². The Bertz CT molecular complexity index is 250. The molecule has 0 aliphatic heterocycles. The van der Waals surface area contributed by atoms with Crippen LogP contribution in [-0.4, -0.2) is 5.78 Å². The molecule has 16 heavy (non-hydrogen) atoms. The lowest BCUT2D eigenvalue weighted by Crippen LogP contribution is -2.15. The molecule has 1 aliphatic rings. The van der Waals surface area contributed by atoms with E-state index < -0.39 is 0 Å². The van der Waals surface area contributed by atoms with Crippen molar-refractivity contribution < 1.29 is 4.79 Å². The quantitative estimate of drug-likeness (QED) is 0.387. The second kappa shape index (κ2) is 8.39. The summed E-state index contributed by atoms with van der Waals surface area (Å²) in [6, 6.07) is 0. The molecule has 0 atom stereocenters. The van der Waals surface area contributed by atoms with E-state index in [1.165, 1.54) is 38.5 Å². The van der Waals surface area contributed by atoms with Crippen LogP contribution >= 0.6 is 0 Å². The van der Waals surface area contributed by atoms with E-state index in [0.717, 1.165) is 25.7 Å². The second-order valence-corrected chi connectivity index (χ2v) is 4.81. The van der Waals surface area contributed by atoms with Crippen molar-refractivity contribution in [1.29, 1.82) is 0 Å². The molecule has 1 nitrogen and oxygen atoms in total. The zero-order chi connectivity index (χ0) is 11.6. The van der Waals surface area contributed by atoms with Gasteiger partial charge in [0.1, 0.15) is 0 Å². The number of carbonyl (C=O) groups excluding carboxylic acids is 1. The molecule has 1 heteroatoms. The number of carbonyl (C=O) groups is 1. The Morgan fingerprint density at radius 3 is 2.56 bits per heavy atom. The molecule has 1 saturated carbocycles. The van der Waals surface area contributed by atoms with E-state index >= 15 is 0 Å². The van der Waals surface area contributed by atoms with E-state index in [2.05, 4.69) is 18.8 Å². The van der Waals surface area contributed by atoms with Crippen molar-refractivity contribution in [2.75, 3.05) is 0 Å². The first kappa shape index (κ1) is 13.3. The molecule has 0 aromatic rings. The zero-order valence-corrected chi connectivity index (χ0v) is 10.6. The topological polar surface area (TPSA) is 17.1 Å². The van der Waals surface area contributed by atoms with Crippen LogP contribution < -0.4 is 0 Å². The largest absolute Gasteiger partial charge is 0.285 e. The molecular formula is C15H24O. The first-order valence-electron chi connectivity index (χ1n) is 6.87. The Balaban J connectivity index is 2.14. The summed E-state index contributed by atoms with van der Waals surface area (Å²) >= 11 is 0. The monoisotopic (exact) mass is 220 g/mol. The van der Waals surface area contributed by atoms with Crippen molar-refractivity contribution in [1.82, 2.24) is 0 Å². The molecular weight excluding hydrogens is 196 g/mol. The lowest BCUT2D eigenvalue weighted by molar-refractivity contribution is -0.118. The molecule has 0 radical (unpaired) electrons. The lowest BCUT2D eigenvalue weighted by atomic mass is 9.86. The number of hydrogen-bond donors (Lipinski definition) is 0. The van der Waals surface area contributed by atoms with Gasteiger partial charge in [-0.25, -0.2) is 0 Å². The van der Waals surface area contributed by atoms with E-state index in [0.29, 0.717) is 0 Å². The summed E-state index contributed by atoms with van der Waals surface area (Å²) in [4.78, 5) is 11.7. The van der Waals surface area contributed by atoms with Gasteiger partial charge < -0.3 is 0 Å². The van der Waals surface area contributed by atoms with E-state index in [9.17, 15) is 4.79 Å². The van der Waals surface area contributed by atoms with Crippen LogP contribution in [-0.2, 0) is 4.79 Å². The highest BCUT2D eigenvalue weighted by molar-refractivity contribution is 5.97. The Kier molecular flexibility index (Phi) is 6.97. The summed E-state index contributed by atoms with van der Waals surface area (Å²) in [5.41, 5.74) is 0. The minimum atomic E-state index is 0.204. The average Bonchev–Trinajstić information content (AvgIpc) is 2.34. The van der Waals surface area contributed by atoms with Gasteiger partial charge in [0.2, 0.25) is 5.78 Å². The molecule has 0 saturated heterocycles. The molecule has 0 aromatic heterocycles. The maximum atomic E-state index is 11.7. The number of hydrogen-bond acceptors (Lipinski definition) is 1. The van der Waals surface area contributed by atoms with Crippen LogP contribution in [0.25, 0.3) is 0 Å². The second-order valence-electron chi connectivity index (χ2n) is 4.81. The highest BCUT2D eigenvalue weighted by atomic mass is 16.1. The van der Waals surface area contributed by atoms with E-state index in [1.54, 1.807) is 0 Å². The fraction of sp³-hybridized carbons (Fsp3) is 0.800. The van der Waals surface area contributed by atoms with Crippen molar-refractivity contribution in [3.63, 3.8) is 0 Å². The molecule has 1 rings (SSSR count). The summed E-state index contributed by atoms with van der Waals surface area (Å²) < 4.78 is 0. The van der Waals surface area contributed by atoms with Crippen LogP contribution in [0.5, 0.6) is 0 Å². The van der Waals surface area contributed by atoms with E-state index in [4.69, 9.17) is 0 Å². The number of ketones is 1. The first-order chi connectivity index (χ1) is 7.84. The van der Waals surface area contributed by atoms with Gasteiger partial charge in [-0.3, -0.25) is 4.79 Å². The van der Waals surface area contributed by atoms with Gasteiger partial charge in [-0.05, 0) is 25.2 Å². The third-order valence-corrected chi connectivity index (χ3v) is 3.34. The van der Waals surface area contributed by atoms with Crippen molar-refractivity contribution >= 4 is 5.78 Å². The summed E-state index contributed by atoms with van der Waals surface area (Å²) in [6.45, 7) is 2.21. The predicted molar refractivity (Wildman–Crippen MR) is 68.1 cm³/mol. The first-order valence-corrected chi connectivity index (χ1v) is 6.87. The highest BCUT2D eigenvalue weighted by Crippen LogP contribution is 2.23. The molecule has 0 amide bonds. The third-order valence-electron chi connectivity index (χ3n) is 3.34. The smallest absolute Gasteiger partial charge is 0.208 e. The normalized spacial score (nSPS) is 16.6. The zero-order valence-electron chi connectivity index (χ0n) is 10.6. The predicted octanol–water partition coefficient (Wildman–Crippen LogP) is 4.11. The van der Waals surface area contributed by atoms with Crippen molar-refractivity contribution in [2.24, 2.45) is 5.92 Å². The highest BCUT2D eigenvalue weighted by Gasteiger charge is 2.18. The van der Waals surface area contributed by atoms with Crippen LogP contribution in [0.1, 0.15) is 71.1 Å². The fourth-order valence-electron chi connectivity index (χ4n) is 2.26. The van der Waals surface area contributed by atoms with Gasteiger partial charge in [0.25, 0.3) is 0 Å². The molecule has 0 aromatic carbocycles. The number of rotatable bonds is 5. The fourth-order valence-corrected chi connectivity index (χ4v) is 2.26. The van der Waals surface area contributed by atoms with E-state index in [1.807, 2.05) is 0 Å². The Morgan fingerprint density at radius 2 is 1.88 bits per heavy atom. The van der Waals surface area contributed by atoms with Gasteiger partial charge >= 0.3 is 0 Å². The molecule has 0 bridgehead atoms. The maximum absolute atomic E-state index is 11.7. The number of unbranched alkanes of at least 4 members (excludes halogenated alkanes) is 4. The Hall–Kier alpha value is -0.770.